The minimum atomic E-state index is -0.489. The lowest BCUT2D eigenvalue weighted by atomic mass is 10.0. The number of thioether (sulfide) groups is 1. The van der Waals surface area contributed by atoms with Crippen molar-refractivity contribution in [2.75, 3.05) is 0 Å². The minimum absolute atomic E-state index is 0. The van der Waals surface area contributed by atoms with Gasteiger partial charge >= 0.3 is 0 Å². The first kappa shape index (κ1) is 21.7. The molecule has 0 aliphatic heterocycles. The van der Waals surface area contributed by atoms with E-state index < -0.39 is 5.82 Å². The number of nitrogens with two attached hydrogens (primary N) is 1. The van der Waals surface area contributed by atoms with Gasteiger partial charge in [0, 0.05) is 18.6 Å². The zero-order valence-corrected chi connectivity index (χ0v) is 17.0. The number of ketones is 1. The molecule has 2 aromatic carbocycles. The number of halogens is 3. The van der Waals surface area contributed by atoms with E-state index in [0.29, 0.717) is 29.4 Å². The molecule has 2 N–H and O–H groups in total. The van der Waals surface area contributed by atoms with Gasteiger partial charge in [0.15, 0.2) is 5.17 Å². The summed E-state index contributed by atoms with van der Waals surface area (Å²) in [5.41, 5.74) is 8.49. The second-order valence-electron chi connectivity index (χ2n) is 5.17. The molecular weight excluding hydrogens is 427 g/mol. The van der Waals surface area contributed by atoms with Crippen LogP contribution in [0.2, 0.25) is 5.02 Å². The lowest BCUT2D eigenvalue weighted by molar-refractivity contribution is -0.118. The van der Waals surface area contributed by atoms with Crippen LogP contribution >= 0.6 is 40.3 Å². The lowest BCUT2D eigenvalue weighted by Gasteiger charge is -2.08. The molecule has 25 heavy (non-hydrogen) atoms. The van der Waals surface area contributed by atoms with Crippen LogP contribution in [0.5, 0.6) is 0 Å². The van der Waals surface area contributed by atoms with Crippen LogP contribution in [0.3, 0.4) is 0 Å². The summed E-state index contributed by atoms with van der Waals surface area (Å²) in [6, 6.07) is 12.0. The highest BCUT2D eigenvalue weighted by Crippen LogP contribution is 2.23. The second kappa shape index (κ2) is 10.6. The van der Waals surface area contributed by atoms with Crippen LogP contribution in [0, 0.1) is 5.82 Å². The van der Waals surface area contributed by atoms with E-state index in [1.54, 1.807) is 0 Å². The molecule has 2 aromatic rings. The van der Waals surface area contributed by atoms with Gasteiger partial charge in [-0.2, -0.15) is 0 Å². The molecule has 7 heteroatoms. The predicted molar refractivity (Wildman–Crippen MR) is 110 cm³/mol. The van der Waals surface area contributed by atoms with Gasteiger partial charge in [-0.15, -0.1) is 17.0 Å². The number of aliphatic imine (C=N–C) groups is 1. The van der Waals surface area contributed by atoms with Crippen LogP contribution in [0.1, 0.15) is 24.5 Å². The van der Waals surface area contributed by atoms with Gasteiger partial charge in [-0.3, -0.25) is 4.79 Å². The molecule has 134 valence electrons. The van der Waals surface area contributed by atoms with Crippen LogP contribution in [-0.4, -0.2) is 11.0 Å². The molecule has 0 saturated heterocycles. The van der Waals surface area contributed by atoms with E-state index in [-0.39, 0.29) is 27.8 Å². The summed E-state index contributed by atoms with van der Waals surface area (Å²) in [5, 5.41) is 0.367. The SMILES string of the molecule is Br.CCC(=O)Cc1ccccc1CSC(N)=Nc1ccc(F)c(Cl)c1. The van der Waals surface area contributed by atoms with Gasteiger partial charge in [0.1, 0.15) is 11.6 Å². The van der Waals surface area contributed by atoms with E-state index in [9.17, 15) is 9.18 Å². The Kier molecular flexibility index (Phi) is 9.17. The van der Waals surface area contributed by atoms with Crippen LogP contribution in [0.25, 0.3) is 0 Å². The van der Waals surface area contributed by atoms with Gasteiger partial charge in [0.25, 0.3) is 0 Å². The van der Waals surface area contributed by atoms with E-state index in [2.05, 4.69) is 4.99 Å². The summed E-state index contributed by atoms with van der Waals surface area (Å²) >= 11 is 7.09. The number of Topliss-reactive ketones (excluding diaryl/α,β-unsaturated/α-hetero) is 1. The molecule has 0 radical (unpaired) electrons. The molecule has 0 aliphatic carbocycles. The summed E-state index contributed by atoms with van der Waals surface area (Å²) in [7, 11) is 0. The highest BCUT2D eigenvalue weighted by Gasteiger charge is 2.08. The Morgan fingerprint density at radius 1 is 1.24 bits per heavy atom. The molecule has 0 saturated carbocycles. The topological polar surface area (TPSA) is 55.5 Å². The molecule has 0 unspecified atom stereocenters. The third-order valence-corrected chi connectivity index (χ3v) is 4.55. The standard InChI is InChI=1S/C18H18ClFN2OS.BrH/c1-2-15(23)9-12-5-3-4-6-13(12)11-24-18(21)22-14-7-8-17(20)16(19)10-14;/h3-8,10H,2,9,11H2,1H3,(H2,21,22);1H. The first-order valence-corrected chi connectivity index (χ1v) is 8.86. The van der Waals surface area contributed by atoms with Crippen molar-refractivity contribution in [2.45, 2.75) is 25.5 Å². The van der Waals surface area contributed by atoms with Crippen molar-refractivity contribution in [1.82, 2.24) is 0 Å². The summed E-state index contributed by atoms with van der Waals surface area (Å²) in [5.74, 6) is 0.323. The van der Waals surface area contributed by atoms with E-state index >= 15 is 0 Å². The predicted octanol–water partition coefficient (Wildman–Crippen LogP) is 5.46. The zero-order valence-electron chi connectivity index (χ0n) is 13.7. The maximum absolute atomic E-state index is 13.1. The van der Waals surface area contributed by atoms with E-state index in [4.69, 9.17) is 17.3 Å². The summed E-state index contributed by atoms with van der Waals surface area (Å²) in [4.78, 5) is 15.9. The van der Waals surface area contributed by atoms with Gasteiger partial charge in [-0.05, 0) is 29.3 Å². The number of nitrogens with zero attached hydrogens (tertiary/aromatic N) is 1. The Labute approximate surface area is 166 Å². The molecule has 0 spiro atoms. The molecule has 0 fully saturated rings. The average molecular weight is 446 g/mol. The monoisotopic (exact) mass is 444 g/mol. The maximum Gasteiger partial charge on any atom is 0.159 e. The average Bonchev–Trinajstić information content (AvgIpc) is 2.57. The number of carbonyl (C=O) groups excluding carboxylic acids is 1. The molecule has 3 nitrogen and oxygen atoms in total. The van der Waals surface area contributed by atoms with Crippen molar-refractivity contribution >= 4 is 57.0 Å². The maximum atomic E-state index is 13.1. The van der Waals surface area contributed by atoms with Crippen LogP contribution < -0.4 is 5.73 Å². The molecular formula is C18H19BrClFN2OS. The quantitative estimate of drug-likeness (QED) is 0.474. The number of rotatable bonds is 6. The highest BCUT2D eigenvalue weighted by atomic mass is 79.9. The first-order valence-electron chi connectivity index (χ1n) is 7.50. The Hall–Kier alpha value is -1.37. The van der Waals surface area contributed by atoms with Gasteiger partial charge in [-0.1, -0.05) is 54.6 Å². The van der Waals surface area contributed by atoms with E-state index in [1.165, 1.54) is 30.0 Å². The molecule has 0 heterocycles. The van der Waals surface area contributed by atoms with Crippen molar-refractivity contribution in [1.29, 1.82) is 0 Å². The largest absolute Gasteiger partial charge is 0.378 e. The lowest BCUT2D eigenvalue weighted by Crippen LogP contribution is -2.08. The first-order chi connectivity index (χ1) is 11.5. The van der Waals surface area contributed by atoms with Crippen molar-refractivity contribution < 1.29 is 9.18 Å². The molecule has 0 aliphatic rings. The molecule has 0 bridgehead atoms. The van der Waals surface area contributed by atoms with Crippen molar-refractivity contribution in [2.24, 2.45) is 10.7 Å². The Balaban J connectivity index is 0.00000312. The van der Waals surface area contributed by atoms with E-state index in [0.717, 1.165) is 11.1 Å². The summed E-state index contributed by atoms with van der Waals surface area (Å²) in [6.07, 6.45) is 0.953. The number of carbonyl (C=O) groups is 1. The molecule has 0 aromatic heterocycles. The van der Waals surface area contributed by atoms with Gasteiger partial charge in [-0.25, -0.2) is 9.38 Å². The fourth-order valence-electron chi connectivity index (χ4n) is 2.07. The summed E-state index contributed by atoms with van der Waals surface area (Å²) < 4.78 is 13.1. The van der Waals surface area contributed by atoms with Gasteiger partial charge in [0.05, 0.1) is 10.7 Å². The van der Waals surface area contributed by atoms with Crippen LogP contribution in [0.15, 0.2) is 47.5 Å². The van der Waals surface area contributed by atoms with Crippen LogP contribution in [0.4, 0.5) is 10.1 Å². The van der Waals surface area contributed by atoms with Crippen LogP contribution in [-0.2, 0) is 17.0 Å². The molecule has 0 amide bonds. The minimum Gasteiger partial charge on any atom is -0.378 e. The fourth-order valence-corrected chi connectivity index (χ4v) is 3.00. The fraction of sp³-hybridized carbons (Fsp3) is 0.222. The Bertz CT molecular complexity index is 770. The summed E-state index contributed by atoms with van der Waals surface area (Å²) in [6.45, 7) is 1.86. The zero-order chi connectivity index (χ0) is 17.5. The van der Waals surface area contributed by atoms with Crippen molar-refractivity contribution in [3.8, 4) is 0 Å². The van der Waals surface area contributed by atoms with Gasteiger partial charge in [0.2, 0.25) is 0 Å². The van der Waals surface area contributed by atoms with E-state index in [1.807, 2.05) is 31.2 Å². The molecule has 2 rings (SSSR count). The smallest absolute Gasteiger partial charge is 0.159 e. The normalized spacial score (nSPS) is 11.1. The highest BCUT2D eigenvalue weighted by molar-refractivity contribution is 8.93. The number of amidine groups is 1. The Morgan fingerprint density at radius 3 is 2.56 bits per heavy atom. The van der Waals surface area contributed by atoms with Crippen molar-refractivity contribution in [3.05, 3.63) is 64.4 Å². The van der Waals surface area contributed by atoms with Gasteiger partial charge < -0.3 is 5.73 Å². The van der Waals surface area contributed by atoms with Crippen molar-refractivity contribution in [3.63, 3.8) is 0 Å². The second-order valence-corrected chi connectivity index (χ2v) is 6.58. The number of hydrogen-bond acceptors (Lipinski definition) is 3. The number of benzene rings is 2. The third-order valence-electron chi connectivity index (χ3n) is 3.42. The number of hydrogen-bond donors (Lipinski definition) is 1. The Morgan fingerprint density at radius 2 is 1.92 bits per heavy atom. The third kappa shape index (κ3) is 6.80. The molecule has 0 atom stereocenters.